The minimum Gasteiger partial charge on any atom is -0.478 e. The van der Waals surface area contributed by atoms with Crippen molar-refractivity contribution in [3.8, 4) is 5.75 Å². The Labute approximate surface area is 159 Å². The topological polar surface area (TPSA) is 69.4 Å². The molecule has 1 aliphatic rings. The quantitative estimate of drug-likeness (QED) is 0.354. The van der Waals surface area contributed by atoms with E-state index in [9.17, 15) is 14.9 Å². The largest absolute Gasteiger partial charge is 0.478 e. The van der Waals surface area contributed by atoms with E-state index < -0.39 is 10.5 Å². The van der Waals surface area contributed by atoms with Crippen molar-refractivity contribution in [1.82, 2.24) is 0 Å². The van der Waals surface area contributed by atoms with Gasteiger partial charge in [-0.15, -0.1) is 0 Å². The van der Waals surface area contributed by atoms with Crippen molar-refractivity contribution in [1.29, 1.82) is 0 Å². The summed E-state index contributed by atoms with van der Waals surface area (Å²) in [6, 6.07) is 12.0. The second-order valence-electron chi connectivity index (χ2n) is 6.27. The van der Waals surface area contributed by atoms with E-state index in [0.717, 1.165) is 22.0 Å². The van der Waals surface area contributed by atoms with Gasteiger partial charge in [-0.05, 0) is 59.2 Å². The fourth-order valence-electron chi connectivity index (χ4n) is 3.17. The number of ketones is 1. The molecule has 0 aliphatic carbocycles. The molecule has 6 heteroatoms. The van der Waals surface area contributed by atoms with E-state index >= 15 is 0 Å². The van der Waals surface area contributed by atoms with Gasteiger partial charge >= 0.3 is 0 Å². The molecule has 0 saturated heterocycles. The van der Waals surface area contributed by atoms with Crippen molar-refractivity contribution < 1.29 is 14.5 Å². The minimum absolute atomic E-state index is 0.00724. The number of nitrogens with zero attached hydrogens (tertiary/aromatic N) is 1. The molecule has 0 spiro atoms. The molecule has 2 aromatic rings. The normalized spacial score (nSPS) is 18.7. The number of nitro groups is 1. The van der Waals surface area contributed by atoms with Crippen LogP contribution in [0.2, 0.25) is 0 Å². The van der Waals surface area contributed by atoms with Crippen LogP contribution in [0.4, 0.5) is 5.69 Å². The number of rotatable bonds is 6. The third-order valence-corrected chi connectivity index (χ3v) is 5.15. The molecule has 0 N–H and O–H groups in total. The molecule has 0 aromatic heterocycles. The highest BCUT2D eigenvalue weighted by Gasteiger charge is 2.47. The van der Waals surface area contributed by atoms with Crippen LogP contribution in [0.3, 0.4) is 0 Å². The van der Waals surface area contributed by atoms with Crippen LogP contribution >= 0.6 is 22.6 Å². The number of fused-ring (bicyclic) bond motifs is 1. The van der Waals surface area contributed by atoms with Gasteiger partial charge in [0.1, 0.15) is 5.75 Å². The van der Waals surface area contributed by atoms with Gasteiger partial charge in [0.15, 0.2) is 5.60 Å². The average Bonchev–Trinajstić information content (AvgIpc) is 2.86. The standard InChI is InChI=1S/C19H18INO4/c1-2-3-10-19(12-13-4-7-15(8-5-13)21(23)24)18(22)16-11-14(20)6-9-17(16)25-19/h4-9,11H,2-3,10,12H2,1H3. The Morgan fingerprint density at radius 3 is 2.56 bits per heavy atom. The van der Waals surface area contributed by atoms with Crippen LogP contribution in [0.15, 0.2) is 42.5 Å². The maximum Gasteiger partial charge on any atom is 0.269 e. The van der Waals surface area contributed by atoms with Crippen LogP contribution in [0.25, 0.3) is 0 Å². The minimum atomic E-state index is -0.918. The maximum atomic E-state index is 13.1. The zero-order valence-electron chi connectivity index (χ0n) is 13.8. The first kappa shape index (κ1) is 17.8. The van der Waals surface area contributed by atoms with Crippen molar-refractivity contribution in [2.75, 3.05) is 0 Å². The molecule has 5 nitrogen and oxygen atoms in total. The second-order valence-corrected chi connectivity index (χ2v) is 7.52. The number of benzene rings is 2. The van der Waals surface area contributed by atoms with E-state index in [1.807, 2.05) is 18.2 Å². The van der Waals surface area contributed by atoms with Gasteiger partial charge < -0.3 is 4.74 Å². The summed E-state index contributed by atoms with van der Waals surface area (Å²) in [5.41, 5.74) is 0.615. The molecular formula is C19H18INO4. The number of ether oxygens (including phenoxy) is 1. The van der Waals surface area contributed by atoms with Gasteiger partial charge in [-0.2, -0.15) is 0 Å². The number of halogens is 1. The van der Waals surface area contributed by atoms with Crippen molar-refractivity contribution in [2.24, 2.45) is 0 Å². The van der Waals surface area contributed by atoms with Gasteiger partial charge in [-0.3, -0.25) is 14.9 Å². The van der Waals surface area contributed by atoms with Gasteiger partial charge in [-0.1, -0.05) is 25.5 Å². The number of nitro benzene ring substituents is 1. The van der Waals surface area contributed by atoms with E-state index in [4.69, 9.17) is 4.74 Å². The Balaban J connectivity index is 1.92. The molecule has 1 atom stereocenters. The molecule has 3 rings (SSSR count). The molecular weight excluding hydrogens is 433 g/mol. The lowest BCUT2D eigenvalue weighted by atomic mass is 9.84. The predicted octanol–water partition coefficient (Wildman–Crippen LogP) is 4.95. The van der Waals surface area contributed by atoms with Gasteiger partial charge in [0.25, 0.3) is 5.69 Å². The van der Waals surface area contributed by atoms with Crippen molar-refractivity contribution in [3.63, 3.8) is 0 Å². The zero-order valence-corrected chi connectivity index (χ0v) is 16.0. The van der Waals surface area contributed by atoms with Crippen molar-refractivity contribution in [2.45, 2.75) is 38.2 Å². The molecule has 0 saturated carbocycles. The molecule has 130 valence electrons. The highest BCUT2D eigenvalue weighted by atomic mass is 127. The van der Waals surface area contributed by atoms with Crippen LogP contribution in [-0.4, -0.2) is 16.3 Å². The fraction of sp³-hybridized carbons (Fsp3) is 0.316. The summed E-state index contributed by atoms with van der Waals surface area (Å²) < 4.78 is 7.15. The molecule has 2 aromatic carbocycles. The number of non-ortho nitro benzene ring substituents is 1. The first-order valence-electron chi connectivity index (χ1n) is 8.22. The number of Topliss-reactive ketones (excluding diaryl/α,β-unsaturated/α-hetero) is 1. The summed E-state index contributed by atoms with van der Waals surface area (Å²) in [6.07, 6.45) is 2.88. The summed E-state index contributed by atoms with van der Waals surface area (Å²) in [4.78, 5) is 23.5. The summed E-state index contributed by atoms with van der Waals surface area (Å²) in [6.45, 7) is 2.08. The Bertz CT molecular complexity index is 819. The fourth-order valence-corrected chi connectivity index (χ4v) is 3.66. The Kier molecular flexibility index (Phi) is 5.08. The lowest BCUT2D eigenvalue weighted by Crippen LogP contribution is -2.42. The Morgan fingerprint density at radius 2 is 1.92 bits per heavy atom. The lowest BCUT2D eigenvalue weighted by Gasteiger charge is -2.27. The average molecular weight is 451 g/mol. The Morgan fingerprint density at radius 1 is 1.20 bits per heavy atom. The molecule has 1 heterocycles. The van der Waals surface area contributed by atoms with E-state index in [1.54, 1.807) is 12.1 Å². The molecule has 0 bridgehead atoms. The van der Waals surface area contributed by atoms with E-state index in [2.05, 4.69) is 29.5 Å². The van der Waals surface area contributed by atoms with Gasteiger partial charge in [0.05, 0.1) is 10.5 Å². The van der Waals surface area contributed by atoms with Crippen LogP contribution in [0.5, 0.6) is 5.75 Å². The van der Waals surface area contributed by atoms with Crippen LogP contribution < -0.4 is 4.74 Å². The number of unbranched alkanes of at least 4 members (excludes halogenated alkanes) is 1. The second kappa shape index (κ2) is 7.11. The molecule has 0 radical (unpaired) electrons. The highest BCUT2D eigenvalue weighted by Crippen LogP contribution is 2.40. The molecule has 1 aliphatic heterocycles. The molecule has 0 fully saturated rings. The van der Waals surface area contributed by atoms with Gasteiger partial charge in [-0.25, -0.2) is 0 Å². The third-order valence-electron chi connectivity index (χ3n) is 4.48. The smallest absolute Gasteiger partial charge is 0.269 e. The number of carbonyl (C=O) groups excluding carboxylic acids is 1. The van der Waals surface area contributed by atoms with Gasteiger partial charge in [0, 0.05) is 22.1 Å². The number of carbonyl (C=O) groups is 1. The van der Waals surface area contributed by atoms with E-state index in [0.29, 0.717) is 24.2 Å². The zero-order chi connectivity index (χ0) is 18.0. The highest BCUT2D eigenvalue weighted by molar-refractivity contribution is 14.1. The van der Waals surface area contributed by atoms with E-state index in [-0.39, 0.29) is 11.5 Å². The monoisotopic (exact) mass is 451 g/mol. The SMILES string of the molecule is CCCCC1(Cc2ccc([N+](=O)[O-])cc2)Oc2ccc(I)cc2C1=O. The lowest BCUT2D eigenvalue weighted by molar-refractivity contribution is -0.384. The maximum absolute atomic E-state index is 13.1. The summed E-state index contributed by atoms with van der Waals surface area (Å²) in [5.74, 6) is 0.635. The molecule has 25 heavy (non-hydrogen) atoms. The van der Waals surface area contributed by atoms with Crippen molar-refractivity contribution >= 4 is 34.1 Å². The summed E-state index contributed by atoms with van der Waals surface area (Å²) in [5, 5.41) is 10.8. The van der Waals surface area contributed by atoms with Crippen LogP contribution in [0, 0.1) is 13.7 Å². The first-order valence-corrected chi connectivity index (χ1v) is 9.30. The van der Waals surface area contributed by atoms with Crippen LogP contribution in [-0.2, 0) is 6.42 Å². The summed E-state index contributed by atoms with van der Waals surface area (Å²) in [7, 11) is 0. The first-order chi connectivity index (χ1) is 11.9. The van der Waals surface area contributed by atoms with Crippen molar-refractivity contribution in [3.05, 3.63) is 67.3 Å². The number of hydrogen-bond donors (Lipinski definition) is 0. The Hall–Kier alpha value is -1.96. The molecule has 1 unspecified atom stereocenters. The van der Waals surface area contributed by atoms with Gasteiger partial charge in [0.2, 0.25) is 5.78 Å². The van der Waals surface area contributed by atoms with Crippen LogP contribution in [0.1, 0.15) is 42.1 Å². The summed E-state index contributed by atoms with van der Waals surface area (Å²) >= 11 is 2.19. The molecule has 0 amide bonds. The predicted molar refractivity (Wildman–Crippen MR) is 103 cm³/mol. The number of hydrogen-bond acceptors (Lipinski definition) is 4. The third kappa shape index (κ3) is 3.53. The van der Waals surface area contributed by atoms with E-state index in [1.165, 1.54) is 12.1 Å².